The highest BCUT2D eigenvalue weighted by Crippen LogP contribution is 2.17. The van der Waals surface area contributed by atoms with Gasteiger partial charge in [-0.15, -0.1) is 0 Å². The highest BCUT2D eigenvalue weighted by atomic mass is 16.6. The molecule has 6 heteroatoms. The molecule has 82 heavy (non-hydrogen) atoms. The van der Waals surface area contributed by atoms with Crippen LogP contribution in [-0.4, -0.2) is 37.2 Å². The van der Waals surface area contributed by atoms with Crippen molar-refractivity contribution >= 4 is 17.9 Å². The fourth-order valence-corrected chi connectivity index (χ4v) is 10.0. The summed E-state index contributed by atoms with van der Waals surface area (Å²) in [5.74, 6) is -0.878. The first-order valence-electron chi connectivity index (χ1n) is 35.2. The summed E-state index contributed by atoms with van der Waals surface area (Å²) in [4.78, 5) is 38.3. The van der Waals surface area contributed by atoms with Crippen LogP contribution in [0, 0.1) is 0 Å². The van der Waals surface area contributed by atoms with Gasteiger partial charge in [0.05, 0.1) is 0 Å². The fourth-order valence-electron chi connectivity index (χ4n) is 10.0. The molecule has 1 atom stereocenters. The minimum Gasteiger partial charge on any atom is -0.462 e. The number of rotatable bonds is 64. The van der Waals surface area contributed by atoms with Crippen LogP contribution in [0.4, 0.5) is 0 Å². The Bertz CT molecular complexity index is 1590. The lowest BCUT2D eigenvalue weighted by Gasteiger charge is -2.18. The van der Waals surface area contributed by atoms with Crippen molar-refractivity contribution < 1.29 is 28.6 Å². The van der Waals surface area contributed by atoms with E-state index in [4.69, 9.17) is 14.2 Å². The van der Waals surface area contributed by atoms with Gasteiger partial charge in [-0.25, -0.2) is 0 Å². The van der Waals surface area contributed by atoms with Crippen molar-refractivity contribution in [2.75, 3.05) is 13.2 Å². The molecule has 0 aliphatic rings. The van der Waals surface area contributed by atoms with Crippen LogP contribution in [0.25, 0.3) is 0 Å². The predicted molar refractivity (Wildman–Crippen MR) is 357 cm³/mol. The van der Waals surface area contributed by atoms with Gasteiger partial charge in [0, 0.05) is 19.3 Å². The topological polar surface area (TPSA) is 78.9 Å². The first-order valence-corrected chi connectivity index (χ1v) is 35.2. The lowest BCUT2D eigenvalue weighted by molar-refractivity contribution is -0.167. The van der Waals surface area contributed by atoms with Gasteiger partial charge in [0.25, 0.3) is 0 Å². The van der Waals surface area contributed by atoms with Gasteiger partial charge in [-0.2, -0.15) is 0 Å². The van der Waals surface area contributed by atoms with Crippen LogP contribution in [0.2, 0.25) is 0 Å². The Labute approximate surface area is 508 Å². The lowest BCUT2D eigenvalue weighted by Crippen LogP contribution is -2.30. The Morgan fingerprint density at radius 1 is 0.256 bits per heavy atom. The molecule has 472 valence electrons. The Balaban J connectivity index is 4.19. The molecule has 1 unspecified atom stereocenters. The van der Waals surface area contributed by atoms with Gasteiger partial charge in [-0.1, -0.05) is 311 Å². The maximum atomic E-state index is 12.9. The maximum absolute atomic E-state index is 12.9. The van der Waals surface area contributed by atoms with Gasteiger partial charge in [-0.3, -0.25) is 14.4 Å². The Hall–Kier alpha value is -3.67. The number of unbranched alkanes of at least 4 members (excludes halogenated alkanes) is 37. The molecule has 6 nitrogen and oxygen atoms in total. The summed E-state index contributed by atoms with van der Waals surface area (Å²) in [5, 5.41) is 0. The molecule has 0 aromatic carbocycles. The highest BCUT2D eigenvalue weighted by Gasteiger charge is 2.19. The van der Waals surface area contributed by atoms with Crippen molar-refractivity contribution in [2.45, 2.75) is 354 Å². The molecule has 0 fully saturated rings. The molecule has 0 saturated carbocycles. The zero-order valence-corrected chi connectivity index (χ0v) is 54.2. The number of carbonyl (C=O) groups is 3. The molecule has 0 aliphatic carbocycles. The first-order chi connectivity index (χ1) is 40.5. The Kier molecular flexibility index (Phi) is 66.7. The number of ether oxygens (including phenoxy) is 3. The summed E-state index contributed by atoms with van der Waals surface area (Å²) in [6.07, 6.45) is 94.4. The van der Waals surface area contributed by atoms with E-state index in [0.29, 0.717) is 19.3 Å². The minimum atomic E-state index is -0.783. The number of allylic oxidation sites excluding steroid dienone is 16. The maximum Gasteiger partial charge on any atom is 0.306 e. The molecule has 0 aromatic rings. The smallest absolute Gasteiger partial charge is 0.306 e. The van der Waals surface area contributed by atoms with E-state index >= 15 is 0 Å². The zero-order valence-electron chi connectivity index (χ0n) is 54.2. The Morgan fingerprint density at radius 2 is 0.500 bits per heavy atom. The zero-order chi connectivity index (χ0) is 59.2. The van der Waals surface area contributed by atoms with Gasteiger partial charge in [0.2, 0.25) is 0 Å². The van der Waals surface area contributed by atoms with Crippen molar-refractivity contribution in [1.29, 1.82) is 0 Å². The van der Waals surface area contributed by atoms with E-state index in [1.54, 1.807) is 0 Å². The van der Waals surface area contributed by atoms with Crippen molar-refractivity contribution in [1.82, 2.24) is 0 Å². The van der Waals surface area contributed by atoms with Crippen molar-refractivity contribution in [3.63, 3.8) is 0 Å². The number of carbonyl (C=O) groups excluding carboxylic acids is 3. The second-order valence-electron chi connectivity index (χ2n) is 23.4. The van der Waals surface area contributed by atoms with Crippen LogP contribution in [0.15, 0.2) is 97.2 Å². The van der Waals surface area contributed by atoms with E-state index in [-0.39, 0.29) is 31.1 Å². The van der Waals surface area contributed by atoms with E-state index in [9.17, 15) is 14.4 Å². The van der Waals surface area contributed by atoms with Gasteiger partial charge >= 0.3 is 17.9 Å². The highest BCUT2D eigenvalue weighted by molar-refractivity contribution is 5.71. The van der Waals surface area contributed by atoms with Crippen molar-refractivity contribution in [2.24, 2.45) is 0 Å². The van der Waals surface area contributed by atoms with E-state index in [0.717, 1.165) is 109 Å². The predicted octanol–water partition coefficient (Wildman–Crippen LogP) is 24.4. The standard InChI is InChI=1S/C76H132O6/c1-4-7-10-13-16-19-22-24-26-28-30-32-34-36-38-40-42-44-46-48-50-52-54-57-60-63-66-69-75(78)81-72-73(71-80-74(77)68-65-62-59-56-21-18-15-12-9-6-3)82-76(79)70-67-64-61-58-55-53-51-49-47-45-43-41-39-37-35-33-31-29-27-25-23-20-17-14-11-8-5-2/h7,10,12,15-16,19,23-26,29-32,35,37,73H,4-6,8-9,11,13-14,17-18,20-22,27-28,33-34,36,38-72H2,1-3H3/b10-7-,15-12-,19-16-,25-23-,26-24-,31-29-,32-30-,37-35-. The van der Waals surface area contributed by atoms with Crippen LogP contribution in [0.1, 0.15) is 348 Å². The summed E-state index contributed by atoms with van der Waals surface area (Å²) < 4.78 is 16.9. The third kappa shape index (κ3) is 67.1. The average Bonchev–Trinajstić information content (AvgIpc) is 3.48. The molecule has 0 N–H and O–H groups in total. The lowest BCUT2D eigenvalue weighted by atomic mass is 10.0. The summed E-state index contributed by atoms with van der Waals surface area (Å²) in [6, 6.07) is 0. The third-order valence-corrected chi connectivity index (χ3v) is 15.3. The van der Waals surface area contributed by atoms with E-state index < -0.39 is 6.10 Å². The second kappa shape index (κ2) is 69.8. The van der Waals surface area contributed by atoms with Crippen LogP contribution in [0.5, 0.6) is 0 Å². The molecule has 0 spiro atoms. The summed E-state index contributed by atoms with van der Waals surface area (Å²) in [6.45, 7) is 6.48. The largest absolute Gasteiger partial charge is 0.462 e. The van der Waals surface area contributed by atoms with Gasteiger partial charge in [0.1, 0.15) is 13.2 Å². The second-order valence-corrected chi connectivity index (χ2v) is 23.4. The molecular weight excluding hydrogens is 1010 g/mol. The molecular formula is C76H132O6. The van der Waals surface area contributed by atoms with Crippen LogP contribution in [-0.2, 0) is 28.6 Å². The molecule has 0 amide bonds. The van der Waals surface area contributed by atoms with Crippen molar-refractivity contribution in [3.8, 4) is 0 Å². The molecule has 0 saturated heterocycles. The summed E-state index contributed by atoms with van der Waals surface area (Å²) >= 11 is 0. The van der Waals surface area contributed by atoms with E-state index in [1.165, 1.54) is 199 Å². The van der Waals surface area contributed by atoms with Gasteiger partial charge in [-0.05, 0) is 116 Å². The minimum absolute atomic E-state index is 0.0788. The van der Waals surface area contributed by atoms with Crippen LogP contribution >= 0.6 is 0 Å². The number of hydrogen-bond acceptors (Lipinski definition) is 6. The van der Waals surface area contributed by atoms with Crippen molar-refractivity contribution in [3.05, 3.63) is 97.2 Å². The first kappa shape index (κ1) is 78.3. The SMILES string of the molecule is CC/C=C\C/C=C\C/C=C\C/C=C\CCCCCCCCCCCCCCCCC(=O)OCC(COC(=O)CCCCCCC/C=C\CCC)OC(=O)CCCCCCCCCCCCCC/C=C\C/C=C\C/C=C\CCCCCCC. The molecule has 0 aliphatic heterocycles. The number of hydrogen-bond donors (Lipinski definition) is 0. The molecule has 0 rings (SSSR count). The summed E-state index contributed by atoms with van der Waals surface area (Å²) in [5.41, 5.74) is 0. The van der Waals surface area contributed by atoms with Crippen LogP contribution < -0.4 is 0 Å². The molecule has 0 aromatic heterocycles. The molecule has 0 bridgehead atoms. The molecule has 0 heterocycles. The fraction of sp³-hybridized carbons (Fsp3) is 0.750. The monoisotopic (exact) mass is 1140 g/mol. The van der Waals surface area contributed by atoms with Crippen LogP contribution in [0.3, 0.4) is 0 Å². The van der Waals surface area contributed by atoms with Gasteiger partial charge in [0.15, 0.2) is 6.10 Å². The molecule has 0 radical (unpaired) electrons. The Morgan fingerprint density at radius 3 is 0.805 bits per heavy atom. The number of esters is 3. The van der Waals surface area contributed by atoms with Gasteiger partial charge < -0.3 is 14.2 Å². The van der Waals surface area contributed by atoms with E-state index in [2.05, 4.69) is 118 Å². The summed E-state index contributed by atoms with van der Waals surface area (Å²) in [7, 11) is 0. The van der Waals surface area contributed by atoms with E-state index in [1.807, 2.05) is 0 Å². The quantitative estimate of drug-likeness (QED) is 0.0261. The average molecular weight is 1140 g/mol. The third-order valence-electron chi connectivity index (χ3n) is 15.3. The normalized spacial score (nSPS) is 12.7.